The van der Waals surface area contributed by atoms with Crippen molar-refractivity contribution in [3.63, 3.8) is 0 Å². The third kappa shape index (κ3) is 3.68. The van der Waals surface area contributed by atoms with E-state index in [2.05, 4.69) is 11.6 Å². The van der Waals surface area contributed by atoms with E-state index in [1.54, 1.807) is 36.5 Å². The Kier molecular flexibility index (Phi) is 4.16. The molecular weight excluding hydrogens is 190 g/mol. The van der Waals surface area contributed by atoms with Crippen LogP contribution in [0.2, 0.25) is 0 Å². The summed E-state index contributed by atoms with van der Waals surface area (Å²) in [6.45, 7) is 5.28. The summed E-state index contributed by atoms with van der Waals surface area (Å²) in [6, 6.07) is 5.29. The number of aliphatic hydroxyl groups excluding tert-OH is 1. The van der Waals surface area contributed by atoms with Crippen molar-refractivity contribution in [1.82, 2.24) is 4.98 Å². The van der Waals surface area contributed by atoms with Crippen molar-refractivity contribution < 1.29 is 9.84 Å². The Morgan fingerprint density at radius 1 is 1.53 bits per heavy atom. The summed E-state index contributed by atoms with van der Waals surface area (Å²) < 4.78 is 5.33. The smallest absolute Gasteiger partial charge is 0.219 e. The molecule has 1 rings (SSSR count). The second-order valence-corrected chi connectivity index (χ2v) is 2.77. The summed E-state index contributed by atoms with van der Waals surface area (Å²) in [7, 11) is 0. The van der Waals surface area contributed by atoms with E-state index < -0.39 is 0 Å². The molecule has 3 nitrogen and oxygen atoms in total. The van der Waals surface area contributed by atoms with Gasteiger partial charge in [-0.15, -0.1) is 0 Å². The third-order valence-corrected chi connectivity index (χ3v) is 1.58. The van der Waals surface area contributed by atoms with Crippen LogP contribution >= 0.6 is 0 Å². The largest absolute Gasteiger partial charge is 0.505 e. The van der Waals surface area contributed by atoms with Crippen LogP contribution in [-0.2, 0) is 0 Å². The van der Waals surface area contributed by atoms with Crippen LogP contribution in [0, 0.1) is 0 Å². The van der Waals surface area contributed by atoms with Gasteiger partial charge in [0.05, 0.1) is 0 Å². The first-order chi connectivity index (χ1) is 7.24. The van der Waals surface area contributed by atoms with E-state index in [4.69, 9.17) is 4.74 Å². The van der Waals surface area contributed by atoms with Gasteiger partial charge in [0, 0.05) is 12.3 Å². The van der Waals surface area contributed by atoms with Crippen molar-refractivity contribution in [2.24, 2.45) is 0 Å². The van der Waals surface area contributed by atoms with Crippen LogP contribution in [-0.4, -0.2) is 10.1 Å². The fourth-order valence-corrected chi connectivity index (χ4v) is 0.893. The lowest BCUT2D eigenvalue weighted by Gasteiger charge is -2.06. The van der Waals surface area contributed by atoms with Crippen LogP contribution in [0.1, 0.15) is 6.92 Å². The normalized spacial score (nSPS) is 11.7. The lowest BCUT2D eigenvalue weighted by molar-refractivity contribution is 0.332. The molecule has 0 unspecified atom stereocenters. The van der Waals surface area contributed by atoms with Gasteiger partial charge in [0.1, 0.15) is 0 Å². The van der Waals surface area contributed by atoms with Gasteiger partial charge in [-0.05, 0) is 19.1 Å². The number of hydrogen-bond donors (Lipinski definition) is 1. The van der Waals surface area contributed by atoms with Crippen LogP contribution in [0.5, 0.6) is 5.88 Å². The summed E-state index contributed by atoms with van der Waals surface area (Å²) >= 11 is 0. The maximum atomic E-state index is 9.25. The van der Waals surface area contributed by atoms with Gasteiger partial charge >= 0.3 is 0 Å². The molecule has 0 saturated heterocycles. The predicted octanol–water partition coefficient (Wildman–Crippen LogP) is 2.99. The number of aliphatic hydroxyl groups is 1. The highest BCUT2D eigenvalue weighted by molar-refractivity contribution is 5.25. The highest BCUT2D eigenvalue weighted by Gasteiger charge is 2.03. The van der Waals surface area contributed by atoms with Gasteiger partial charge in [-0.25, -0.2) is 4.98 Å². The molecule has 0 amide bonds. The van der Waals surface area contributed by atoms with E-state index in [-0.39, 0.29) is 11.5 Å². The highest BCUT2D eigenvalue weighted by atomic mass is 16.5. The first-order valence-corrected chi connectivity index (χ1v) is 4.54. The van der Waals surface area contributed by atoms with Crippen molar-refractivity contribution in [2.45, 2.75) is 6.92 Å². The lowest BCUT2D eigenvalue weighted by Crippen LogP contribution is -1.98. The van der Waals surface area contributed by atoms with Crippen LogP contribution in [0.3, 0.4) is 0 Å². The average molecular weight is 203 g/mol. The topological polar surface area (TPSA) is 42.4 Å². The van der Waals surface area contributed by atoms with E-state index >= 15 is 0 Å². The summed E-state index contributed by atoms with van der Waals surface area (Å²) in [5.41, 5.74) is 0. The molecule has 0 fully saturated rings. The number of hydrogen-bond acceptors (Lipinski definition) is 3. The molecule has 0 atom stereocenters. The first-order valence-electron chi connectivity index (χ1n) is 4.54. The van der Waals surface area contributed by atoms with Gasteiger partial charge in [0.15, 0.2) is 11.5 Å². The number of allylic oxidation sites excluding steroid dienone is 3. The Morgan fingerprint density at radius 2 is 2.33 bits per heavy atom. The van der Waals surface area contributed by atoms with Crippen molar-refractivity contribution in [3.8, 4) is 5.88 Å². The molecule has 0 spiro atoms. The van der Waals surface area contributed by atoms with Gasteiger partial charge in [0.25, 0.3) is 0 Å². The molecule has 1 N–H and O–H groups in total. The average Bonchev–Trinajstić information content (AvgIpc) is 2.25. The minimum Gasteiger partial charge on any atom is -0.505 e. The molecule has 1 heterocycles. The van der Waals surface area contributed by atoms with Gasteiger partial charge in [-0.3, -0.25) is 0 Å². The zero-order valence-corrected chi connectivity index (χ0v) is 8.55. The summed E-state index contributed by atoms with van der Waals surface area (Å²) in [5.74, 6) is 0.578. The Bertz CT molecular complexity index is 380. The molecule has 0 aromatic carbocycles. The maximum Gasteiger partial charge on any atom is 0.219 e. The minimum absolute atomic E-state index is 0.126. The van der Waals surface area contributed by atoms with Crippen LogP contribution in [0.15, 0.2) is 60.7 Å². The summed E-state index contributed by atoms with van der Waals surface area (Å²) in [5, 5.41) is 9.25. The van der Waals surface area contributed by atoms with E-state index in [1.165, 1.54) is 0 Å². The zero-order valence-electron chi connectivity index (χ0n) is 8.55. The van der Waals surface area contributed by atoms with Crippen molar-refractivity contribution >= 4 is 0 Å². The van der Waals surface area contributed by atoms with E-state index in [0.29, 0.717) is 5.88 Å². The van der Waals surface area contributed by atoms with Gasteiger partial charge < -0.3 is 9.84 Å². The molecule has 15 heavy (non-hydrogen) atoms. The van der Waals surface area contributed by atoms with Crippen molar-refractivity contribution in [3.05, 3.63) is 60.7 Å². The van der Waals surface area contributed by atoms with E-state index in [0.717, 1.165) is 0 Å². The second-order valence-electron chi connectivity index (χ2n) is 2.77. The van der Waals surface area contributed by atoms with E-state index in [9.17, 15) is 5.11 Å². The first kappa shape index (κ1) is 11.0. The highest BCUT2D eigenvalue weighted by Crippen LogP contribution is 2.12. The maximum absolute atomic E-state index is 9.25. The number of ether oxygens (including phenoxy) is 1. The molecule has 1 aromatic rings. The monoisotopic (exact) mass is 203 g/mol. The summed E-state index contributed by atoms with van der Waals surface area (Å²) in [6.07, 6.45) is 6.81. The number of rotatable bonds is 4. The molecule has 0 aliphatic carbocycles. The van der Waals surface area contributed by atoms with Crippen molar-refractivity contribution in [2.75, 3.05) is 0 Å². The molecule has 0 aliphatic heterocycles. The fourth-order valence-electron chi connectivity index (χ4n) is 0.893. The zero-order chi connectivity index (χ0) is 11.1. The van der Waals surface area contributed by atoms with Gasteiger partial charge in [-0.1, -0.05) is 24.8 Å². The van der Waals surface area contributed by atoms with Crippen LogP contribution in [0.4, 0.5) is 0 Å². The molecule has 0 bridgehead atoms. The lowest BCUT2D eigenvalue weighted by atomic mass is 10.3. The fraction of sp³-hybridized carbons (Fsp3) is 0.0833. The quantitative estimate of drug-likeness (QED) is 0.604. The van der Waals surface area contributed by atoms with Gasteiger partial charge in [0.2, 0.25) is 5.88 Å². The Hall–Kier alpha value is -2.03. The molecule has 1 aromatic heterocycles. The van der Waals surface area contributed by atoms with Crippen LogP contribution < -0.4 is 4.74 Å². The Morgan fingerprint density at radius 3 is 2.87 bits per heavy atom. The number of nitrogens with zero attached hydrogens (tertiary/aromatic N) is 1. The molecular formula is C12H13NO2. The predicted molar refractivity (Wildman–Crippen MR) is 59.5 cm³/mol. The second kappa shape index (κ2) is 5.65. The number of pyridine rings is 1. The van der Waals surface area contributed by atoms with E-state index in [1.807, 2.05) is 13.0 Å². The molecule has 0 saturated carbocycles. The Labute approximate surface area is 89.0 Å². The molecule has 78 valence electrons. The van der Waals surface area contributed by atoms with Crippen molar-refractivity contribution in [1.29, 1.82) is 0 Å². The molecule has 3 heteroatoms. The summed E-state index contributed by atoms with van der Waals surface area (Å²) in [4.78, 5) is 3.97. The SMILES string of the molecule is C=C(O)/C(=C\C=C/C)Oc1ccccn1. The number of aromatic nitrogens is 1. The standard InChI is InChI=1S/C12H13NO2/c1-3-4-7-11(10(2)14)15-12-8-5-6-9-13-12/h3-9,14H,2H2,1H3/b4-3-,11-7+. The van der Waals surface area contributed by atoms with Gasteiger partial charge in [-0.2, -0.15) is 0 Å². The molecule has 0 aliphatic rings. The third-order valence-electron chi connectivity index (χ3n) is 1.58. The Balaban J connectivity index is 2.81. The van der Waals surface area contributed by atoms with Crippen LogP contribution in [0.25, 0.3) is 0 Å². The minimum atomic E-state index is -0.126. The molecule has 0 radical (unpaired) electrons.